The van der Waals surface area contributed by atoms with Gasteiger partial charge in [-0.3, -0.25) is 14.3 Å². The summed E-state index contributed by atoms with van der Waals surface area (Å²) >= 11 is 0. The average molecular weight is 444 g/mol. The Morgan fingerprint density at radius 3 is 2.41 bits per heavy atom. The molecule has 0 bridgehead atoms. The lowest BCUT2D eigenvalue weighted by Gasteiger charge is -2.32. The zero-order valence-electron chi connectivity index (χ0n) is 20.3. The van der Waals surface area contributed by atoms with Crippen LogP contribution in [-0.2, 0) is 33.8 Å². The second-order valence-electron chi connectivity index (χ2n) is 10.6. The van der Waals surface area contributed by atoms with Gasteiger partial charge in [0, 0.05) is 19.5 Å². The van der Waals surface area contributed by atoms with E-state index >= 15 is 0 Å². The van der Waals surface area contributed by atoms with Crippen LogP contribution < -0.4 is 0 Å². The van der Waals surface area contributed by atoms with E-state index in [1.165, 1.54) is 36.9 Å². The van der Waals surface area contributed by atoms with Crippen molar-refractivity contribution in [2.75, 3.05) is 13.2 Å². The number of carbonyl (C=O) groups excluding carboxylic acids is 2. The summed E-state index contributed by atoms with van der Waals surface area (Å²) in [7, 11) is 0. The third kappa shape index (κ3) is 5.37. The first kappa shape index (κ1) is 23.3. The fourth-order valence-corrected chi connectivity index (χ4v) is 6.03. The zero-order chi connectivity index (χ0) is 22.7. The molecule has 1 aromatic heterocycles. The summed E-state index contributed by atoms with van der Waals surface area (Å²) in [5.74, 6) is 2.21. The van der Waals surface area contributed by atoms with Gasteiger partial charge in [0.05, 0.1) is 30.5 Å². The molecule has 2 aliphatic carbocycles. The molecular formula is C26H41N3O3. The van der Waals surface area contributed by atoms with Crippen LogP contribution in [-0.4, -0.2) is 39.7 Å². The highest BCUT2D eigenvalue weighted by atomic mass is 16.5. The molecule has 0 saturated heterocycles. The lowest BCUT2D eigenvalue weighted by atomic mass is 9.80. The van der Waals surface area contributed by atoms with Crippen molar-refractivity contribution in [3.8, 4) is 0 Å². The van der Waals surface area contributed by atoms with Gasteiger partial charge in [-0.2, -0.15) is 5.10 Å². The first-order valence-corrected chi connectivity index (χ1v) is 12.9. The molecule has 0 atom stereocenters. The van der Waals surface area contributed by atoms with E-state index in [1.54, 1.807) is 0 Å². The van der Waals surface area contributed by atoms with Gasteiger partial charge in [0.25, 0.3) is 0 Å². The lowest BCUT2D eigenvalue weighted by Crippen LogP contribution is -2.38. The Morgan fingerprint density at radius 2 is 1.72 bits per heavy atom. The minimum absolute atomic E-state index is 0.0268. The molecule has 178 valence electrons. The van der Waals surface area contributed by atoms with Gasteiger partial charge in [-0.15, -0.1) is 0 Å². The SMILES string of the molecule is CCOC(=O)C1CCC(CC(=O)N2CCc3c(C)nn(CC4CCC(C)CC4)c3C2)CC1. The molecule has 2 fully saturated rings. The normalized spacial score (nSPS) is 28.3. The van der Waals surface area contributed by atoms with Crippen molar-refractivity contribution in [2.24, 2.45) is 23.7 Å². The van der Waals surface area contributed by atoms with E-state index in [0.29, 0.717) is 25.5 Å². The lowest BCUT2D eigenvalue weighted by molar-refractivity contribution is -0.149. The minimum atomic E-state index is -0.0584. The van der Waals surface area contributed by atoms with Gasteiger partial charge in [-0.25, -0.2) is 0 Å². The quantitative estimate of drug-likeness (QED) is 0.600. The molecule has 1 aromatic rings. The number of hydrogen-bond donors (Lipinski definition) is 0. The number of amides is 1. The Kier molecular flexibility index (Phi) is 7.57. The molecule has 0 spiro atoms. The molecule has 2 saturated carbocycles. The maximum Gasteiger partial charge on any atom is 0.308 e. The molecule has 0 N–H and O–H groups in total. The Balaban J connectivity index is 1.32. The van der Waals surface area contributed by atoms with Gasteiger partial charge < -0.3 is 9.64 Å². The molecule has 1 aliphatic heterocycles. The fourth-order valence-electron chi connectivity index (χ4n) is 6.03. The van der Waals surface area contributed by atoms with Crippen LogP contribution in [0.25, 0.3) is 0 Å². The number of ether oxygens (including phenoxy) is 1. The summed E-state index contributed by atoms with van der Waals surface area (Å²) in [6, 6.07) is 0. The van der Waals surface area contributed by atoms with E-state index < -0.39 is 0 Å². The standard InChI is InChI=1S/C26H41N3O3/c1-4-32-26(31)22-11-9-20(10-12-22)15-25(30)28-14-13-23-19(3)27-29(24(23)17-28)16-21-7-5-18(2)6-8-21/h18,20-22H,4-17H2,1-3H3. The number of esters is 1. The van der Waals surface area contributed by atoms with Crippen molar-refractivity contribution in [1.82, 2.24) is 14.7 Å². The number of carbonyl (C=O) groups is 2. The van der Waals surface area contributed by atoms with Gasteiger partial charge in [-0.05, 0) is 82.1 Å². The van der Waals surface area contributed by atoms with Gasteiger partial charge in [0.2, 0.25) is 5.91 Å². The third-order valence-electron chi connectivity index (χ3n) is 8.19. The molecule has 32 heavy (non-hydrogen) atoms. The Morgan fingerprint density at radius 1 is 1.03 bits per heavy atom. The summed E-state index contributed by atoms with van der Waals surface area (Å²) in [6.07, 6.45) is 10.4. The van der Waals surface area contributed by atoms with Crippen LogP contribution >= 0.6 is 0 Å². The molecule has 6 heteroatoms. The number of fused-ring (bicyclic) bond motifs is 1. The Hall–Kier alpha value is -1.85. The molecular weight excluding hydrogens is 402 g/mol. The Labute approximate surface area is 193 Å². The van der Waals surface area contributed by atoms with E-state index in [4.69, 9.17) is 9.84 Å². The second kappa shape index (κ2) is 10.4. The van der Waals surface area contributed by atoms with Crippen LogP contribution in [0.15, 0.2) is 0 Å². The van der Waals surface area contributed by atoms with Crippen molar-refractivity contribution in [1.29, 1.82) is 0 Å². The minimum Gasteiger partial charge on any atom is -0.466 e. The van der Waals surface area contributed by atoms with Crippen molar-refractivity contribution in [2.45, 2.75) is 98.1 Å². The summed E-state index contributed by atoms with van der Waals surface area (Å²) in [4.78, 5) is 27.2. The van der Waals surface area contributed by atoms with Gasteiger partial charge >= 0.3 is 5.97 Å². The molecule has 6 nitrogen and oxygen atoms in total. The number of nitrogens with zero attached hydrogens (tertiary/aromatic N) is 3. The summed E-state index contributed by atoms with van der Waals surface area (Å²) < 4.78 is 7.41. The van der Waals surface area contributed by atoms with Crippen molar-refractivity contribution in [3.05, 3.63) is 17.0 Å². The van der Waals surface area contributed by atoms with Crippen molar-refractivity contribution < 1.29 is 14.3 Å². The summed E-state index contributed by atoms with van der Waals surface area (Å²) in [5.41, 5.74) is 3.79. The molecule has 0 radical (unpaired) electrons. The van der Waals surface area contributed by atoms with E-state index in [1.807, 2.05) is 6.92 Å². The third-order valence-corrected chi connectivity index (χ3v) is 8.19. The predicted molar refractivity (Wildman–Crippen MR) is 124 cm³/mol. The van der Waals surface area contributed by atoms with E-state index in [2.05, 4.69) is 23.4 Å². The summed E-state index contributed by atoms with van der Waals surface area (Å²) in [5, 5.41) is 4.89. The van der Waals surface area contributed by atoms with Crippen LogP contribution in [0, 0.1) is 30.6 Å². The van der Waals surface area contributed by atoms with Crippen LogP contribution in [0.5, 0.6) is 0 Å². The smallest absolute Gasteiger partial charge is 0.308 e. The van der Waals surface area contributed by atoms with Gasteiger partial charge in [0.1, 0.15) is 0 Å². The van der Waals surface area contributed by atoms with Crippen LogP contribution in [0.2, 0.25) is 0 Å². The first-order chi connectivity index (χ1) is 15.4. The molecule has 3 aliphatic rings. The molecule has 0 aromatic carbocycles. The van der Waals surface area contributed by atoms with Crippen LogP contribution in [0.4, 0.5) is 0 Å². The zero-order valence-corrected chi connectivity index (χ0v) is 20.3. The molecule has 0 unspecified atom stereocenters. The number of aryl methyl sites for hydroxylation is 1. The van der Waals surface area contributed by atoms with Crippen molar-refractivity contribution in [3.63, 3.8) is 0 Å². The monoisotopic (exact) mass is 443 g/mol. The first-order valence-electron chi connectivity index (χ1n) is 12.9. The predicted octanol–water partition coefficient (Wildman–Crippen LogP) is 4.66. The van der Waals surface area contributed by atoms with Gasteiger partial charge in [-0.1, -0.05) is 19.8 Å². The highest BCUT2D eigenvalue weighted by Gasteiger charge is 2.32. The van der Waals surface area contributed by atoms with Crippen LogP contribution in [0.1, 0.15) is 88.6 Å². The number of hydrogen-bond acceptors (Lipinski definition) is 4. The van der Waals surface area contributed by atoms with E-state index in [-0.39, 0.29) is 17.8 Å². The molecule has 4 rings (SSSR count). The number of aromatic nitrogens is 2. The van der Waals surface area contributed by atoms with Crippen LogP contribution in [0.3, 0.4) is 0 Å². The molecule has 1 amide bonds. The Bertz CT molecular complexity index is 801. The largest absolute Gasteiger partial charge is 0.466 e. The van der Waals surface area contributed by atoms with E-state index in [0.717, 1.165) is 62.7 Å². The average Bonchev–Trinajstić information content (AvgIpc) is 3.10. The fraction of sp³-hybridized carbons (Fsp3) is 0.808. The molecule has 2 heterocycles. The number of rotatable bonds is 6. The van der Waals surface area contributed by atoms with Crippen molar-refractivity contribution >= 4 is 11.9 Å². The van der Waals surface area contributed by atoms with Gasteiger partial charge in [0.15, 0.2) is 0 Å². The maximum absolute atomic E-state index is 13.1. The van der Waals surface area contributed by atoms with E-state index in [9.17, 15) is 9.59 Å². The maximum atomic E-state index is 13.1. The highest BCUT2D eigenvalue weighted by Crippen LogP contribution is 2.34. The topological polar surface area (TPSA) is 64.4 Å². The second-order valence-corrected chi connectivity index (χ2v) is 10.6. The highest BCUT2D eigenvalue weighted by molar-refractivity contribution is 5.77. The summed E-state index contributed by atoms with van der Waals surface area (Å²) in [6.45, 7) is 9.30.